The second-order valence-electron chi connectivity index (χ2n) is 5.53. The molecule has 0 spiro atoms. The summed E-state index contributed by atoms with van der Waals surface area (Å²) in [7, 11) is 0. The summed E-state index contributed by atoms with van der Waals surface area (Å²) in [4.78, 5) is 13.2. The van der Waals surface area contributed by atoms with Crippen molar-refractivity contribution in [1.29, 1.82) is 0 Å². The van der Waals surface area contributed by atoms with Gasteiger partial charge in [-0.05, 0) is 42.8 Å². The third kappa shape index (κ3) is 2.82. The summed E-state index contributed by atoms with van der Waals surface area (Å²) in [6, 6.07) is 17.6. The van der Waals surface area contributed by atoms with Crippen LogP contribution < -0.4 is 0 Å². The lowest BCUT2D eigenvalue weighted by atomic mass is 10.1. The Balaban J connectivity index is 1.69. The molecule has 0 saturated carbocycles. The molecule has 0 amide bonds. The highest BCUT2D eigenvalue weighted by Crippen LogP contribution is 2.28. The monoisotopic (exact) mass is 313 g/mol. The molecule has 2 aromatic heterocycles. The maximum Gasteiger partial charge on any atom is 0.227 e. The summed E-state index contributed by atoms with van der Waals surface area (Å²) >= 11 is 0. The first-order valence-corrected chi connectivity index (χ1v) is 7.70. The number of benzene rings is 2. The van der Waals surface area contributed by atoms with Crippen LogP contribution in [0.25, 0.3) is 22.6 Å². The molecule has 0 N–H and O–H groups in total. The molecule has 4 aromatic rings. The molecule has 2 aromatic carbocycles. The predicted octanol–water partition coefficient (Wildman–Crippen LogP) is 4.95. The lowest BCUT2D eigenvalue weighted by molar-refractivity contribution is 0.619. The van der Waals surface area contributed by atoms with E-state index >= 15 is 0 Å². The highest BCUT2D eigenvalue weighted by atomic mass is 16.3. The van der Waals surface area contributed by atoms with Crippen LogP contribution in [0, 0.1) is 6.92 Å². The number of hydrogen-bond donors (Lipinski definition) is 0. The minimum atomic E-state index is 0.636. The number of fused-ring (bicyclic) bond motifs is 1. The van der Waals surface area contributed by atoms with E-state index in [9.17, 15) is 0 Å². The van der Waals surface area contributed by atoms with Crippen molar-refractivity contribution in [2.75, 3.05) is 0 Å². The molecule has 116 valence electrons. The summed E-state index contributed by atoms with van der Waals surface area (Å²) in [5, 5.41) is 0. The van der Waals surface area contributed by atoms with Gasteiger partial charge in [-0.15, -0.1) is 0 Å². The zero-order valence-electron chi connectivity index (χ0n) is 13.2. The van der Waals surface area contributed by atoms with Gasteiger partial charge in [0.05, 0.1) is 5.69 Å². The first kappa shape index (κ1) is 14.3. The van der Waals surface area contributed by atoms with Gasteiger partial charge in [-0.1, -0.05) is 24.3 Å². The van der Waals surface area contributed by atoms with Crippen LogP contribution in [0.4, 0.5) is 5.69 Å². The standard InChI is InChI=1S/C20H15N3O/c1-14-5-2-3-7-17(14)20-23-18-11-16(8-9-19(18)24-20)22-13-15-6-4-10-21-12-15/h2-13H,1H3. The van der Waals surface area contributed by atoms with Crippen molar-refractivity contribution >= 4 is 23.0 Å². The van der Waals surface area contributed by atoms with Crippen molar-refractivity contribution in [3.05, 3.63) is 78.1 Å². The van der Waals surface area contributed by atoms with Crippen LogP contribution in [0.15, 0.2) is 76.4 Å². The molecule has 4 heteroatoms. The van der Waals surface area contributed by atoms with Crippen molar-refractivity contribution in [3.8, 4) is 11.5 Å². The predicted molar refractivity (Wildman–Crippen MR) is 95.7 cm³/mol. The number of aryl methyl sites for hydroxylation is 1. The second kappa shape index (κ2) is 6.08. The molecule has 0 aliphatic heterocycles. The molecule has 24 heavy (non-hydrogen) atoms. The van der Waals surface area contributed by atoms with Gasteiger partial charge < -0.3 is 4.42 Å². The molecule has 0 aliphatic carbocycles. The Kier molecular flexibility index (Phi) is 3.63. The fourth-order valence-electron chi connectivity index (χ4n) is 2.53. The molecule has 0 fully saturated rings. The molecule has 4 nitrogen and oxygen atoms in total. The quantitative estimate of drug-likeness (QED) is 0.503. The molecule has 0 bridgehead atoms. The third-order valence-corrected chi connectivity index (χ3v) is 3.79. The van der Waals surface area contributed by atoms with E-state index in [4.69, 9.17) is 4.42 Å². The minimum Gasteiger partial charge on any atom is -0.436 e. The van der Waals surface area contributed by atoms with Crippen LogP contribution in [-0.4, -0.2) is 16.2 Å². The Hall–Kier alpha value is -3.27. The normalized spacial score (nSPS) is 11.4. The maximum atomic E-state index is 5.88. The zero-order valence-corrected chi connectivity index (χ0v) is 13.2. The third-order valence-electron chi connectivity index (χ3n) is 3.79. The Bertz CT molecular complexity index is 1020. The Labute approximate surface area is 139 Å². The van der Waals surface area contributed by atoms with Crippen LogP contribution >= 0.6 is 0 Å². The van der Waals surface area contributed by atoms with Crippen molar-refractivity contribution in [1.82, 2.24) is 9.97 Å². The summed E-state index contributed by atoms with van der Waals surface area (Å²) in [5.74, 6) is 0.636. The number of pyridine rings is 1. The van der Waals surface area contributed by atoms with Crippen LogP contribution in [0.5, 0.6) is 0 Å². The number of hydrogen-bond acceptors (Lipinski definition) is 4. The smallest absolute Gasteiger partial charge is 0.227 e. The maximum absolute atomic E-state index is 5.88. The molecule has 2 heterocycles. The van der Waals surface area contributed by atoms with Gasteiger partial charge in [-0.2, -0.15) is 0 Å². The highest BCUT2D eigenvalue weighted by molar-refractivity contribution is 5.84. The van der Waals surface area contributed by atoms with E-state index in [-0.39, 0.29) is 0 Å². The summed E-state index contributed by atoms with van der Waals surface area (Å²) in [6.45, 7) is 2.05. The second-order valence-corrected chi connectivity index (χ2v) is 5.53. The number of rotatable bonds is 3. The van der Waals surface area contributed by atoms with Crippen LogP contribution in [-0.2, 0) is 0 Å². The largest absolute Gasteiger partial charge is 0.436 e. The van der Waals surface area contributed by atoms with Crippen LogP contribution in [0.3, 0.4) is 0 Å². The molecule has 0 saturated heterocycles. The summed E-state index contributed by atoms with van der Waals surface area (Å²) < 4.78 is 5.88. The van der Waals surface area contributed by atoms with Gasteiger partial charge in [0.15, 0.2) is 5.58 Å². The Morgan fingerprint density at radius 1 is 1.04 bits per heavy atom. The Morgan fingerprint density at radius 3 is 2.79 bits per heavy atom. The van der Waals surface area contributed by atoms with Gasteiger partial charge in [0.1, 0.15) is 5.52 Å². The van der Waals surface area contributed by atoms with Gasteiger partial charge in [-0.3, -0.25) is 9.98 Å². The topological polar surface area (TPSA) is 51.3 Å². The van der Waals surface area contributed by atoms with Gasteiger partial charge in [0.25, 0.3) is 0 Å². The van der Waals surface area contributed by atoms with Crippen molar-refractivity contribution in [2.45, 2.75) is 6.92 Å². The molecule has 0 radical (unpaired) electrons. The zero-order chi connectivity index (χ0) is 16.4. The summed E-state index contributed by atoms with van der Waals surface area (Å²) in [5.41, 5.74) is 5.49. The fraction of sp³-hybridized carbons (Fsp3) is 0.0500. The lowest BCUT2D eigenvalue weighted by Gasteiger charge is -1.98. The van der Waals surface area contributed by atoms with Crippen LogP contribution in [0.2, 0.25) is 0 Å². The van der Waals surface area contributed by atoms with E-state index in [2.05, 4.69) is 15.0 Å². The van der Waals surface area contributed by atoms with Gasteiger partial charge in [0.2, 0.25) is 5.89 Å². The van der Waals surface area contributed by atoms with E-state index in [0.717, 1.165) is 33.5 Å². The number of nitrogens with zero attached hydrogens (tertiary/aromatic N) is 3. The average molecular weight is 313 g/mol. The van der Waals surface area contributed by atoms with E-state index in [1.54, 1.807) is 18.6 Å². The van der Waals surface area contributed by atoms with Crippen LogP contribution in [0.1, 0.15) is 11.1 Å². The molecule has 4 rings (SSSR count). The SMILES string of the molecule is Cc1ccccc1-c1nc2cc(N=Cc3cccnc3)ccc2o1. The van der Waals surface area contributed by atoms with Gasteiger partial charge in [0, 0.05) is 29.7 Å². The molecule has 0 atom stereocenters. The molecule has 0 unspecified atom stereocenters. The number of aromatic nitrogens is 2. The van der Waals surface area contributed by atoms with E-state index in [1.165, 1.54) is 0 Å². The number of aliphatic imine (C=N–C) groups is 1. The molecular formula is C20H15N3O. The lowest BCUT2D eigenvalue weighted by Crippen LogP contribution is -1.81. The number of oxazole rings is 1. The van der Waals surface area contributed by atoms with E-state index < -0.39 is 0 Å². The fourth-order valence-corrected chi connectivity index (χ4v) is 2.53. The van der Waals surface area contributed by atoms with Gasteiger partial charge in [-0.25, -0.2) is 4.98 Å². The highest BCUT2D eigenvalue weighted by Gasteiger charge is 2.10. The summed E-state index contributed by atoms with van der Waals surface area (Å²) in [6.07, 6.45) is 5.30. The first-order chi connectivity index (χ1) is 11.8. The van der Waals surface area contributed by atoms with Crippen molar-refractivity contribution in [2.24, 2.45) is 4.99 Å². The van der Waals surface area contributed by atoms with E-state index in [0.29, 0.717) is 5.89 Å². The minimum absolute atomic E-state index is 0.636. The van der Waals surface area contributed by atoms with Crippen molar-refractivity contribution < 1.29 is 4.42 Å². The first-order valence-electron chi connectivity index (χ1n) is 7.70. The molecule has 0 aliphatic rings. The van der Waals surface area contributed by atoms with Crippen molar-refractivity contribution in [3.63, 3.8) is 0 Å². The molecular weight excluding hydrogens is 298 g/mol. The van der Waals surface area contributed by atoms with Gasteiger partial charge >= 0.3 is 0 Å². The Morgan fingerprint density at radius 2 is 1.96 bits per heavy atom. The average Bonchev–Trinajstić information content (AvgIpc) is 3.04. The van der Waals surface area contributed by atoms with E-state index in [1.807, 2.05) is 61.5 Å².